The van der Waals surface area contributed by atoms with Crippen molar-refractivity contribution in [1.82, 2.24) is 4.57 Å². The number of nitrogens with zero attached hydrogens (tertiary/aromatic N) is 2. The Hall–Kier alpha value is -3.42. The first-order valence-electron chi connectivity index (χ1n) is 9.73. The van der Waals surface area contributed by atoms with Gasteiger partial charge in [0.1, 0.15) is 18.0 Å². The van der Waals surface area contributed by atoms with Gasteiger partial charge in [-0.3, -0.25) is 9.59 Å². The highest BCUT2D eigenvalue weighted by Crippen LogP contribution is 2.27. The van der Waals surface area contributed by atoms with Crippen molar-refractivity contribution in [3.05, 3.63) is 87.7 Å². The fourth-order valence-corrected chi connectivity index (χ4v) is 4.42. The first kappa shape index (κ1) is 21.8. The average Bonchev–Trinajstić information content (AvgIpc) is 3.14. The highest BCUT2D eigenvalue weighted by molar-refractivity contribution is 7.16. The van der Waals surface area contributed by atoms with Crippen LogP contribution in [0.4, 0.5) is 0 Å². The van der Waals surface area contributed by atoms with Crippen LogP contribution in [0.1, 0.15) is 15.9 Å². The third-order valence-electron chi connectivity index (χ3n) is 4.82. The quantitative estimate of drug-likeness (QED) is 0.371. The van der Waals surface area contributed by atoms with Crippen molar-refractivity contribution in [3.8, 4) is 11.5 Å². The van der Waals surface area contributed by atoms with Crippen LogP contribution in [0.25, 0.3) is 10.2 Å². The molecule has 0 N–H and O–H groups in total. The number of benzene rings is 3. The Morgan fingerprint density at radius 3 is 2.38 bits per heavy atom. The molecule has 0 aliphatic carbocycles. The van der Waals surface area contributed by atoms with E-state index in [1.54, 1.807) is 34.9 Å². The van der Waals surface area contributed by atoms with Crippen LogP contribution in [0.5, 0.6) is 11.5 Å². The van der Waals surface area contributed by atoms with Gasteiger partial charge in [0.05, 0.1) is 17.3 Å². The third kappa shape index (κ3) is 4.59. The van der Waals surface area contributed by atoms with Crippen molar-refractivity contribution >= 4 is 45.0 Å². The Morgan fingerprint density at radius 1 is 1.00 bits per heavy atom. The number of methoxy groups -OCH3 is 1. The number of esters is 1. The summed E-state index contributed by atoms with van der Waals surface area (Å²) in [5.74, 6) is 0.450. The maximum atomic E-state index is 12.9. The number of aromatic nitrogens is 1. The molecule has 0 unspecified atom stereocenters. The molecule has 0 spiro atoms. The molecule has 162 valence electrons. The minimum Gasteiger partial charge on any atom is -0.468 e. The van der Waals surface area contributed by atoms with Crippen molar-refractivity contribution in [2.75, 3.05) is 7.11 Å². The van der Waals surface area contributed by atoms with Gasteiger partial charge in [-0.2, -0.15) is 4.99 Å². The zero-order chi connectivity index (χ0) is 22.7. The van der Waals surface area contributed by atoms with E-state index >= 15 is 0 Å². The van der Waals surface area contributed by atoms with Crippen molar-refractivity contribution in [2.24, 2.45) is 4.99 Å². The van der Waals surface area contributed by atoms with Crippen LogP contribution >= 0.6 is 22.9 Å². The Kier molecular flexibility index (Phi) is 6.39. The summed E-state index contributed by atoms with van der Waals surface area (Å²) in [5, 5.41) is 0.570. The number of aryl methyl sites for hydroxylation is 1. The summed E-state index contributed by atoms with van der Waals surface area (Å²) in [4.78, 5) is 29.5. The lowest BCUT2D eigenvalue weighted by Gasteiger charge is -2.07. The number of ether oxygens (including phenoxy) is 2. The van der Waals surface area contributed by atoms with Crippen LogP contribution in [0, 0.1) is 6.92 Å². The average molecular weight is 467 g/mol. The van der Waals surface area contributed by atoms with Crippen LogP contribution in [0.3, 0.4) is 0 Å². The molecule has 0 bridgehead atoms. The van der Waals surface area contributed by atoms with E-state index in [0.717, 1.165) is 15.8 Å². The standard InChI is InChI=1S/C24H19ClN2O4S/c1-15-19(25)12-13-20-22(15)27(14-21(28)30-2)24(32-20)26-23(29)16-8-10-18(11-9-16)31-17-6-4-3-5-7-17/h3-13H,14H2,1-2H3. The molecule has 0 radical (unpaired) electrons. The van der Waals surface area contributed by atoms with E-state index in [9.17, 15) is 9.59 Å². The predicted octanol–water partition coefficient (Wildman–Crippen LogP) is 5.37. The van der Waals surface area contributed by atoms with Gasteiger partial charge in [0.15, 0.2) is 4.80 Å². The van der Waals surface area contributed by atoms with Gasteiger partial charge < -0.3 is 14.0 Å². The van der Waals surface area contributed by atoms with Crippen LogP contribution in [0.2, 0.25) is 5.02 Å². The number of thiazole rings is 1. The molecule has 3 aromatic carbocycles. The van der Waals surface area contributed by atoms with Gasteiger partial charge in [-0.05, 0) is 61.0 Å². The van der Waals surface area contributed by atoms with Crippen LogP contribution in [-0.2, 0) is 16.1 Å². The van der Waals surface area contributed by atoms with Gasteiger partial charge >= 0.3 is 5.97 Å². The lowest BCUT2D eigenvalue weighted by atomic mass is 10.2. The number of carbonyl (C=O) groups is 2. The summed E-state index contributed by atoms with van der Waals surface area (Å²) in [6, 6.07) is 19.8. The van der Waals surface area contributed by atoms with Crippen molar-refractivity contribution in [3.63, 3.8) is 0 Å². The van der Waals surface area contributed by atoms with E-state index in [1.165, 1.54) is 18.4 Å². The van der Waals surface area contributed by atoms with E-state index in [1.807, 2.05) is 43.3 Å². The summed E-state index contributed by atoms with van der Waals surface area (Å²) in [5.41, 5.74) is 1.97. The molecule has 0 atom stereocenters. The minimum atomic E-state index is -0.444. The zero-order valence-electron chi connectivity index (χ0n) is 17.4. The van der Waals surface area contributed by atoms with E-state index < -0.39 is 11.9 Å². The molecule has 6 nitrogen and oxygen atoms in total. The number of carbonyl (C=O) groups excluding carboxylic acids is 2. The van der Waals surface area contributed by atoms with Crippen LogP contribution in [-0.4, -0.2) is 23.6 Å². The maximum Gasteiger partial charge on any atom is 0.325 e. The number of rotatable bonds is 5. The normalized spacial score (nSPS) is 11.5. The predicted molar refractivity (Wildman–Crippen MR) is 124 cm³/mol. The van der Waals surface area contributed by atoms with E-state index in [0.29, 0.717) is 26.9 Å². The first-order valence-corrected chi connectivity index (χ1v) is 10.9. The smallest absolute Gasteiger partial charge is 0.325 e. The van der Waals surface area contributed by atoms with Gasteiger partial charge in [-0.25, -0.2) is 0 Å². The van der Waals surface area contributed by atoms with Crippen molar-refractivity contribution in [1.29, 1.82) is 0 Å². The summed E-state index contributed by atoms with van der Waals surface area (Å²) in [7, 11) is 1.32. The van der Waals surface area contributed by atoms with Crippen LogP contribution < -0.4 is 9.54 Å². The molecule has 32 heavy (non-hydrogen) atoms. The molecule has 4 rings (SSSR count). The van der Waals surface area contributed by atoms with E-state index in [2.05, 4.69) is 4.99 Å². The lowest BCUT2D eigenvalue weighted by molar-refractivity contribution is -0.141. The number of hydrogen-bond acceptors (Lipinski definition) is 5. The lowest BCUT2D eigenvalue weighted by Crippen LogP contribution is -2.22. The number of amides is 1. The molecular formula is C24H19ClN2O4S. The Balaban J connectivity index is 1.69. The number of para-hydroxylation sites is 1. The van der Waals surface area contributed by atoms with Gasteiger partial charge in [0.2, 0.25) is 0 Å². The van der Waals surface area contributed by atoms with E-state index in [-0.39, 0.29) is 6.54 Å². The second-order valence-corrected chi connectivity index (χ2v) is 8.34. The molecule has 1 heterocycles. The van der Waals surface area contributed by atoms with Crippen molar-refractivity contribution in [2.45, 2.75) is 13.5 Å². The molecule has 0 aliphatic rings. The molecule has 0 aliphatic heterocycles. The second kappa shape index (κ2) is 9.38. The summed E-state index contributed by atoms with van der Waals surface area (Å²) in [6.07, 6.45) is 0. The Bertz CT molecular complexity index is 1360. The Morgan fingerprint density at radius 2 is 1.69 bits per heavy atom. The molecule has 0 saturated heterocycles. The summed E-state index contributed by atoms with van der Waals surface area (Å²) >= 11 is 7.59. The van der Waals surface area contributed by atoms with Gasteiger partial charge in [-0.15, -0.1) is 0 Å². The summed E-state index contributed by atoms with van der Waals surface area (Å²) in [6.45, 7) is 1.79. The highest BCUT2D eigenvalue weighted by atomic mass is 35.5. The van der Waals surface area contributed by atoms with Crippen molar-refractivity contribution < 1.29 is 19.1 Å². The second-order valence-electron chi connectivity index (χ2n) is 6.92. The largest absolute Gasteiger partial charge is 0.468 e. The topological polar surface area (TPSA) is 69.9 Å². The molecular weight excluding hydrogens is 448 g/mol. The van der Waals surface area contributed by atoms with Gasteiger partial charge in [-0.1, -0.05) is 41.1 Å². The monoisotopic (exact) mass is 466 g/mol. The third-order valence-corrected chi connectivity index (χ3v) is 6.28. The highest BCUT2D eigenvalue weighted by Gasteiger charge is 2.15. The molecule has 4 aromatic rings. The maximum absolute atomic E-state index is 12.9. The minimum absolute atomic E-state index is 0.0757. The molecule has 1 amide bonds. The van der Waals surface area contributed by atoms with Crippen LogP contribution in [0.15, 0.2) is 71.7 Å². The van der Waals surface area contributed by atoms with Gasteiger partial charge in [0.25, 0.3) is 5.91 Å². The molecule has 0 saturated carbocycles. The fraction of sp³-hybridized carbons (Fsp3) is 0.125. The number of halogens is 1. The molecule has 1 aromatic heterocycles. The van der Waals surface area contributed by atoms with Gasteiger partial charge in [0, 0.05) is 10.6 Å². The number of fused-ring (bicyclic) bond motifs is 1. The number of hydrogen-bond donors (Lipinski definition) is 0. The SMILES string of the molecule is COC(=O)Cn1c(=NC(=O)c2ccc(Oc3ccccc3)cc2)sc2ccc(Cl)c(C)c21. The molecule has 0 fully saturated rings. The summed E-state index contributed by atoms with van der Waals surface area (Å²) < 4.78 is 13.1. The zero-order valence-corrected chi connectivity index (χ0v) is 18.9. The Labute approximate surface area is 193 Å². The first-order chi connectivity index (χ1) is 15.5. The fourth-order valence-electron chi connectivity index (χ4n) is 3.18. The molecule has 8 heteroatoms. The van der Waals surface area contributed by atoms with E-state index in [4.69, 9.17) is 21.1 Å².